The normalized spacial score (nSPS) is 20.7. The van der Waals surface area contributed by atoms with Gasteiger partial charge in [-0.3, -0.25) is 0 Å². The van der Waals surface area contributed by atoms with Crippen LogP contribution in [0.1, 0.15) is 0 Å². The van der Waals surface area contributed by atoms with Crippen molar-refractivity contribution in [1.82, 2.24) is 0 Å². The summed E-state index contributed by atoms with van der Waals surface area (Å²) >= 11 is 0. The van der Waals surface area contributed by atoms with Gasteiger partial charge < -0.3 is 4.74 Å². The van der Waals surface area contributed by atoms with Gasteiger partial charge in [0.2, 0.25) is 0 Å². The maximum atomic E-state index is 12.1. The van der Waals surface area contributed by atoms with Crippen molar-refractivity contribution in [2.75, 3.05) is 0 Å². The van der Waals surface area contributed by atoms with Crippen LogP contribution in [0.5, 0.6) is 0 Å². The van der Waals surface area contributed by atoms with Gasteiger partial charge in [-0.2, -0.15) is 26.3 Å². The van der Waals surface area contributed by atoms with Gasteiger partial charge in [0.15, 0.2) is 12.8 Å². The van der Waals surface area contributed by atoms with Crippen LogP contribution in [0.4, 0.5) is 26.3 Å². The first kappa shape index (κ1) is 10.8. The van der Waals surface area contributed by atoms with E-state index in [0.717, 1.165) is 0 Å². The Balaban J connectivity index is 3.23. The Morgan fingerprint density at radius 3 is 1.43 bits per heavy atom. The van der Waals surface area contributed by atoms with Gasteiger partial charge >= 0.3 is 18.0 Å². The maximum Gasteiger partial charge on any atom is 0.443 e. The van der Waals surface area contributed by atoms with Gasteiger partial charge in [-0.05, 0) is 0 Å². The molecule has 1 aliphatic heterocycles. The third-order valence-corrected chi connectivity index (χ3v) is 1.39. The predicted octanol–water partition coefficient (Wildman–Crippen LogP) is 1.89. The molecule has 0 fully saturated rings. The molecule has 14 heavy (non-hydrogen) atoms. The zero-order valence-electron chi connectivity index (χ0n) is 6.23. The van der Waals surface area contributed by atoms with Crippen molar-refractivity contribution < 1.29 is 31.1 Å². The largest absolute Gasteiger partial charge is 0.443 e. The Morgan fingerprint density at radius 2 is 1.21 bits per heavy atom. The summed E-state index contributed by atoms with van der Waals surface area (Å²) in [6, 6.07) is 0. The van der Waals surface area contributed by atoms with Crippen LogP contribution >= 0.6 is 0 Å². The molecule has 80 valence electrons. The lowest BCUT2D eigenvalue weighted by atomic mass is 10.1. The summed E-state index contributed by atoms with van der Waals surface area (Å²) < 4.78 is 76.5. The molecular formula is C5H2F6N2O. The van der Waals surface area contributed by atoms with E-state index in [1.807, 2.05) is 0 Å². The summed E-state index contributed by atoms with van der Waals surface area (Å²) in [6.45, 7) is 0. The highest BCUT2D eigenvalue weighted by Gasteiger charge is 2.72. The molecule has 0 aromatic carbocycles. The summed E-state index contributed by atoms with van der Waals surface area (Å²) in [6.07, 6.45) is -11.2. The molecule has 3 nitrogen and oxygen atoms in total. The predicted molar refractivity (Wildman–Crippen MR) is 32.9 cm³/mol. The Hall–Kier alpha value is -1.28. The highest BCUT2D eigenvalue weighted by Crippen LogP contribution is 2.47. The highest BCUT2D eigenvalue weighted by atomic mass is 19.4. The molecular weight excluding hydrogens is 218 g/mol. The number of halogens is 6. The standard InChI is InChI=1S/C5H2F6N2O/c6-4(7,8)3(5(9,10)11)12-1-14-2-13-3/h1-2H. The molecule has 0 amide bonds. The van der Waals surface area contributed by atoms with E-state index in [1.54, 1.807) is 0 Å². The second kappa shape index (κ2) is 2.85. The lowest BCUT2D eigenvalue weighted by Gasteiger charge is -2.30. The molecule has 1 heterocycles. The zero-order valence-corrected chi connectivity index (χ0v) is 6.23. The van der Waals surface area contributed by atoms with Crippen LogP contribution in [-0.2, 0) is 4.74 Å². The summed E-state index contributed by atoms with van der Waals surface area (Å²) in [5, 5.41) is 0. The van der Waals surface area contributed by atoms with Crippen LogP contribution in [-0.4, -0.2) is 30.8 Å². The third-order valence-electron chi connectivity index (χ3n) is 1.39. The maximum absolute atomic E-state index is 12.1. The number of aliphatic imine (C=N–C) groups is 2. The fraction of sp³-hybridized carbons (Fsp3) is 0.600. The fourth-order valence-corrected chi connectivity index (χ4v) is 0.727. The minimum absolute atomic E-state index is 0.0496. The van der Waals surface area contributed by atoms with Gasteiger partial charge in [0.25, 0.3) is 0 Å². The molecule has 1 rings (SSSR count). The molecule has 0 saturated heterocycles. The average molecular weight is 220 g/mol. The van der Waals surface area contributed by atoms with Gasteiger partial charge in [-0.25, -0.2) is 9.98 Å². The third kappa shape index (κ3) is 1.42. The van der Waals surface area contributed by atoms with E-state index in [9.17, 15) is 26.3 Å². The minimum atomic E-state index is -5.65. The van der Waals surface area contributed by atoms with Crippen LogP contribution in [0, 0.1) is 0 Å². The second-order valence-corrected chi connectivity index (χ2v) is 2.27. The first-order valence-electron chi connectivity index (χ1n) is 3.07. The van der Waals surface area contributed by atoms with E-state index in [1.165, 1.54) is 0 Å². The van der Waals surface area contributed by atoms with Crippen LogP contribution in [0.2, 0.25) is 0 Å². The van der Waals surface area contributed by atoms with Crippen LogP contribution in [0.25, 0.3) is 0 Å². The molecule has 0 saturated carbocycles. The first-order chi connectivity index (χ1) is 6.21. The van der Waals surface area contributed by atoms with Crippen LogP contribution in [0.15, 0.2) is 9.98 Å². The Morgan fingerprint density at radius 1 is 0.857 bits per heavy atom. The van der Waals surface area contributed by atoms with Crippen molar-refractivity contribution in [1.29, 1.82) is 0 Å². The fourth-order valence-electron chi connectivity index (χ4n) is 0.727. The topological polar surface area (TPSA) is 34.0 Å². The number of nitrogens with zero attached hydrogens (tertiary/aromatic N) is 2. The van der Waals surface area contributed by atoms with Crippen molar-refractivity contribution in [3.05, 3.63) is 0 Å². The monoisotopic (exact) mass is 220 g/mol. The molecule has 0 atom stereocenters. The average Bonchev–Trinajstić information content (AvgIpc) is 2.02. The molecule has 0 aromatic heterocycles. The van der Waals surface area contributed by atoms with E-state index in [0.29, 0.717) is 0 Å². The van der Waals surface area contributed by atoms with Crippen LogP contribution < -0.4 is 0 Å². The van der Waals surface area contributed by atoms with Gasteiger partial charge in [0, 0.05) is 0 Å². The number of ether oxygens (including phenoxy) is 1. The van der Waals surface area contributed by atoms with E-state index < -0.39 is 18.0 Å². The molecule has 1 aliphatic rings. The van der Waals surface area contributed by atoms with Gasteiger partial charge in [-0.15, -0.1) is 0 Å². The number of alkyl halides is 6. The lowest BCUT2D eigenvalue weighted by Crippen LogP contribution is -2.54. The van der Waals surface area contributed by atoms with Gasteiger partial charge in [0.1, 0.15) is 0 Å². The quantitative estimate of drug-likeness (QED) is 0.574. The van der Waals surface area contributed by atoms with Gasteiger partial charge in [-0.1, -0.05) is 0 Å². The SMILES string of the molecule is FC(F)(F)C1(C(F)(F)F)N=COC=N1. The van der Waals surface area contributed by atoms with Crippen LogP contribution in [0.3, 0.4) is 0 Å². The molecule has 9 heteroatoms. The van der Waals surface area contributed by atoms with Crippen molar-refractivity contribution in [3.63, 3.8) is 0 Å². The van der Waals surface area contributed by atoms with E-state index in [4.69, 9.17) is 0 Å². The summed E-state index contributed by atoms with van der Waals surface area (Å²) in [5.74, 6) is 0. The summed E-state index contributed by atoms with van der Waals surface area (Å²) in [7, 11) is 0. The van der Waals surface area contributed by atoms with E-state index in [2.05, 4.69) is 14.7 Å². The molecule has 0 radical (unpaired) electrons. The number of rotatable bonds is 0. The van der Waals surface area contributed by atoms with Gasteiger partial charge in [0.05, 0.1) is 0 Å². The Labute approximate surface area is 73.1 Å². The molecule has 0 N–H and O–H groups in total. The van der Waals surface area contributed by atoms with E-state index >= 15 is 0 Å². The second-order valence-electron chi connectivity index (χ2n) is 2.27. The number of hydrogen-bond donors (Lipinski definition) is 0. The molecule has 0 aromatic rings. The van der Waals surface area contributed by atoms with Crippen molar-refractivity contribution >= 4 is 12.8 Å². The molecule has 0 bridgehead atoms. The zero-order chi connectivity index (χ0) is 11.0. The Bertz CT molecular complexity index is 249. The van der Waals surface area contributed by atoms with E-state index in [-0.39, 0.29) is 12.8 Å². The summed E-state index contributed by atoms with van der Waals surface area (Å²) in [4.78, 5) is 4.42. The summed E-state index contributed by atoms with van der Waals surface area (Å²) in [5.41, 5.74) is -4.43. The van der Waals surface area contributed by atoms with Crippen molar-refractivity contribution in [3.8, 4) is 0 Å². The van der Waals surface area contributed by atoms with Crippen molar-refractivity contribution in [2.24, 2.45) is 9.98 Å². The highest BCUT2D eigenvalue weighted by molar-refractivity contribution is 5.67. The smallest absolute Gasteiger partial charge is 0.435 e. The molecule has 0 aliphatic carbocycles. The Kier molecular flexibility index (Phi) is 2.20. The lowest BCUT2D eigenvalue weighted by molar-refractivity contribution is -0.293. The minimum Gasteiger partial charge on any atom is -0.435 e. The van der Waals surface area contributed by atoms with Crippen molar-refractivity contribution in [2.45, 2.75) is 18.0 Å². The first-order valence-corrected chi connectivity index (χ1v) is 3.07. The molecule has 0 spiro atoms. The number of hydrogen-bond acceptors (Lipinski definition) is 3. The molecule has 0 unspecified atom stereocenters.